The van der Waals surface area contributed by atoms with Crippen molar-refractivity contribution < 1.29 is 0 Å². The summed E-state index contributed by atoms with van der Waals surface area (Å²) in [6, 6.07) is 13.7. The van der Waals surface area contributed by atoms with E-state index in [1.165, 1.54) is 10.9 Å². The maximum atomic E-state index is 12.3. The Balaban J connectivity index is 1.86. The topological polar surface area (TPSA) is 74.4 Å². The van der Waals surface area contributed by atoms with Gasteiger partial charge in [0.05, 0.1) is 27.7 Å². The molecule has 26 heavy (non-hydrogen) atoms. The summed E-state index contributed by atoms with van der Waals surface area (Å²) in [5.41, 5.74) is 4.38. The summed E-state index contributed by atoms with van der Waals surface area (Å²) in [5.74, 6) is 0. The minimum Gasteiger partial charge on any atom is -0.346 e. The van der Waals surface area contributed by atoms with Gasteiger partial charge in [0.2, 0.25) is 0 Å². The van der Waals surface area contributed by atoms with E-state index in [4.69, 9.17) is 4.98 Å². The Morgan fingerprint density at radius 1 is 1.08 bits per heavy atom. The van der Waals surface area contributed by atoms with Gasteiger partial charge < -0.3 is 4.98 Å². The molecule has 0 fully saturated rings. The van der Waals surface area contributed by atoms with Crippen LogP contribution in [0.15, 0.2) is 59.7 Å². The van der Waals surface area contributed by atoms with Gasteiger partial charge in [0.15, 0.2) is 5.43 Å². The first-order chi connectivity index (χ1) is 12.7. The molecule has 0 atom stereocenters. The molecule has 0 aliphatic carbocycles. The number of nitrogens with one attached hydrogen (secondary N) is 2. The van der Waals surface area contributed by atoms with Gasteiger partial charge >= 0.3 is 0 Å². The van der Waals surface area contributed by atoms with Gasteiger partial charge in [-0.3, -0.25) is 9.89 Å². The molecule has 6 heteroatoms. The van der Waals surface area contributed by atoms with Crippen molar-refractivity contribution in [2.75, 3.05) is 0 Å². The summed E-state index contributed by atoms with van der Waals surface area (Å²) in [4.78, 5) is 22.5. The molecular weight excluding hydrogens is 344 g/mol. The molecule has 5 aromatic rings. The molecule has 0 aliphatic rings. The number of aromatic nitrogens is 4. The zero-order valence-electron chi connectivity index (χ0n) is 13.9. The maximum Gasteiger partial charge on any atom is 0.191 e. The summed E-state index contributed by atoms with van der Waals surface area (Å²) in [7, 11) is 0. The largest absolute Gasteiger partial charge is 0.346 e. The summed E-state index contributed by atoms with van der Waals surface area (Å²) in [6.07, 6.45) is 3.44. The lowest BCUT2D eigenvalue weighted by Crippen LogP contribution is -2.03. The monoisotopic (exact) mass is 358 g/mol. The van der Waals surface area contributed by atoms with Gasteiger partial charge in [-0.15, -0.1) is 11.3 Å². The summed E-state index contributed by atoms with van der Waals surface area (Å²) in [5, 5.41) is 8.67. The zero-order valence-corrected chi connectivity index (χ0v) is 14.7. The Kier molecular flexibility index (Phi) is 3.26. The van der Waals surface area contributed by atoms with Crippen LogP contribution in [0.2, 0.25) is 0 Å². The first-order valence-electron chi connectivity index (χ1n) is 8.22. The standard InChI is InChI=1S/C20H14N4OS/c1-11-2-5-18(26-11)19-14(9-15-17(25)6-7-21-20(15)23-19)12-3-4-16-13(8-12)10-22-24-16/h2-10H,1H3,(H,22,24)(H,21,23,25). The molecule has 2 N–H and O–H groups in total. The van der Waals surface area contributed by atoms with Crippen LogP contribution in [-0.2, 0) is 0 Å². The zero-order chi connectivity index (χ0) is 17.7. The summed E-state index contributed by atoms with van der Waals surface area (Å²) >= 11 is 1.69. The molecule has 126 valence electrons. The molecule has 1 aromatic carbocycles. The summed E-state index contributed by atoms with van der Waals surface area (Å²) < 4.78 is 0. The van der Waals surface area contributed by atoms with Crippen LogP contribution < -0.4 is 5.43 Å². The average Bonchev–Trinajstić information content (AvgIpc) is 3.29. The number of pyridine rings is 2. The van der Waals surface area contributed by atoms with Crippen LogP contribution >= 0.6 is 11.3 Å². The summed E-state index contributed by atoms with van der Waals surface area (Å²) in [6.45, 7) is 2.08. The quantitative estimate of drug-likeness (QED) is 0.488. The van der Waals surface area contributed by atoms with Gasteiger partial charge in [-0.05, 0) is 42.8 Å². The van der Waals surface area contributed by atoms with Gasteiger partial charge in [-0.1, -0.05) is 6.07 Å². The van der Waals surface area contributed by atoms with Crippen molar-refractivity contribution in [2.24, 2.45) is 0 Å². The third kappa shape index (κ3) is 2.34. The first-order valence-corrected chi connectivity index (χ1v) is 9.03. The smallest absolute Gasteiger partial charge is 0.191 e. The third-order valence-electron chi connectivity index (χ3n) is 4.47. The number of benzene rings is 1. The second kappa shape index (κ2) is 5.64. The van der Waals surface area contributed by atoms with E-state index in [2.05, 4.69) is 40.3 Å². The Morgan fingerprint density at radius 2 is 2.00 bits per heavy atom. The molecular formula is C20H14N4OS. The minimum absolute atomic E-state index is 0.0363. The average molecular weight is 358 g/mol. The molecule has 0 bridgehead atoms. The van der Waals surface area contributed by atoms with Crippen LogP contribution in [0.25, 0.3) is 43.6 Å². The highest BCUT2D eigenvalue weighted by atomic mass is 32.1. The first kappa shape index (κ1) is 15.0. The second-order valence-corrected chi connectivity index (χ2v) is 7.49. The Labute approximate surface area is 152 Å². The number of aromatic amines is 2. The molecule has 0 saturated heterocycles. The van der Waals surface area contributed by atoms with E-state index >= 15 is 0 Å². The van der Waals surface area contributed by atoms with Crippen molar-refractivity contribution in [1.29, 1.82) is 0 Å². The molecule has 0 saturated carbocycles. The number of fused-ring (bicyclic) bond motifs is 2. The predicted octanol–water partition coefficient (Wildman–Crippen LogP) is 4.50. The van der Waals surface area contributed by atoms with Gasteiger partial charge in [0.1, 0.15) is 5.65 Å². The molecule has 0 unspecified atom stereocenters. The lowest BCUT2D eigenvalue weighted by Gasteiger charge is -2.10. The number of rotatable bonds is 2. The number of thiophene rings is 1. The molecule has 0 radical (unpaired) electrons. The SMILES string of the molecule is Cc1ccc(-c2nc3[nH]ccc(=O)c3cc2-c2ccc3[nH]ncc3c2)s1. The Hall–Kier alpha value is -3.25. The second-order valence-electron chi connectivity index (χ2n) is 6.20. The van der Waals surface area contributed by atoms with E-state index in [1.54, 1.807) is 23.7 Å². The molecule has 0 amide bonds. The van der Waals surface area contributed by atoms with Crippen LogP contribution in [0.4, 0.5) is 0 Å². The van der Waals surface area contributed by atoms with Crippen LogP contribution in [0.5, 0.6) is 0 Å². The minimum atomic E-state index is -0.0363. The van der Waals surface area contributed by atoms with E-state index in [0.717, 1.165) is 32.6 Å². The van der Waals surface area contributed by atoms with Crippen LogP contribution in [0.1, 0.15) is 4.88 Å². The fraction of sp³-hybridized carbons (Fsp3) is 0.0500. The molecule has 5 rings (SSSR count). The predicted molar refractivity (Wildman–Crippen MR) is 106 cm³/mol. The normalized spacial score (nSPS) is 11.4. The fourth-order valence-corrected chi connectivity index (χ4v) is 4.05. The highest BCUT2D eigenvalue weighted by Crippen LogP contribution is 2.36. The maximum absolute atomic E-state index is 12.3. The molecule has 0 aliphatic heterocycles. The van der Waals surface area contributed by atoms with Gasteiger partial charge in [-0.25, -0.2) is 4.98 Å². The number of aryl methyl sites for hydroxylation is 1. The van der Waals surface area contributed by atoms with E-state index < -0.39 is 0 Å². The highest BCUT2D eigenvalue weighted by molar-refractivity contribution is 7.15. The van der Waals surface area contributed by atoms with Crippen molar-refractivity contribution in [3.05, 3.63) is 70.0 Å². The van der Waals surface area contributed by atoms with Crippen molar-refractivity contribution in [3.63, 3.8) is 0 Å². The number of nitrogens with zero attached hydrogens (tertiary/aromatic N) is 2. The van der Waals surface area contributed by atoms with Gasteiger partial charge in [-0.2, -0.15) is 5.10 Å². The van der Waals surface area contributed by atoms with Crippen molar-refractivity contribution in [2.45, 2.75) is 6.92 Å². The van der Waals surface area contributed by atoms with E-state index in [0.29, 0.717) is 11.0 Å². The van der Waals surface area contributed by atoms with Gasteiger partial charge in [0, 0.05) is 28.1 Å². The fourth-order valence-electron chi connectivity index (χ4n) is 3.18. The van der Waals surface area contributed by atoms with E-state index in [-0.39, 0.29) is 5.43 Å². The number of hydrogen-bond acceptors (Lipinski definition) is 4. The van der Waals surface area contributed by atoms with Crippen LogP contribution in [0, 0.1) is 6.92 Å². The van der Waals surface area contributed by atoms with E-state index in [9.17, 15) is 4.79 Å². The lowest BCUT2D eigenvalue weighted by molar-refractivity contribution is 1.12. The number of hydrogen-bond donors (Lipinski definition) is 2. The Bertz CT molecular complexity index is 1330. The van der Waals surface area contributed by atoms with Crippen molar-refractivity contribution in [1.82, 2.24) is 20.2 Å². The molecule has 4 aromatic heterocycles. The number of H-pyrrole nitrogens is 2. The highest BCUT2D eigenvalue weighted by Gasteiger charge is 2.15. The molecule has 5 nitrogen and oxygen atoms in total. The van der Waals surface area contributed by atoms with Crippen LogP contribution in [0.3, 0.4) is 0 Å². The van der Waals surface area contributed by atoms with E-state index in [1.807, 2.05) is 18.2 Å². The lowest BCUT2D eigenvalue weighted by atomic mass is 10.00. The third-order valence-corrected chi connectivity index (χ3v) is 5.48. The molecule has 0 spiro atoms. The van der Waals surface area contributed by atoms with Crippen LogP contribution in [-0.4, -0.2) is 20.2 Å². The molecule has 4 heterocycles. The Morgan fingerprint density at radius 3 is 2.85 bits per heavy atom. The van der Waals surface area contributed by atoms with Crippen molar-refractivity contribution in [3.8, 4) is 21.7 Å². The van der Waals surface area contributed by atoms with Crippen molar-refractivity contribution >= 4 is 33.3 Å². The van der Waals surface area contributed by atoms with Gasteiger partial charge in [0.25, 0.3) is 0 Å².